The van der Waals surface area contributed by atoms with Gasteiger partial charge in [0.2, 0.25) is 0 Å². The Kier molecular flexibility index (Phi) is 9.33. The molecule has 0 fully saturated rings. The summed E-state index contributed by atoms with van der Waals surface area (Å²) >= 11 is 0. The van der Waals surface area contributed by atoms with Gasteiger partial charge in [-0.15, -0.1) is 0 Å². The van der Waals surface area contributed by atoms with Crippen LogP contribution in [0, 0.1) is 0 Å². The molecule has 0 bridgehead atoms. The van der Waals surface area contributed by atoms with Gasteiger partial charge in [0, 0.05) is 24.8 Å². The summed E-state index contributed by atoms with van der Waals surface area (Å²) < 4.78 is 1.83. The van der Waals surface area contributed by atoms with E-state index >= 15 is 0 Å². The average molecular weight is 280 g/mol. The molecule has 1 atom stereocenters. The minimum absolute atomic E-state index is 0.244. The van der Waals surface area contributed by atoms with Gasteiger partial charge in [-0.05, 0) is 6.42 Å². The van der Waals surface area contributed by atoms with Crippen LogP contribution in [0.5, 0.6) is 0 Å². The van der Waals surface area contributed by atoms with E-state index in [1.807, 2.05) is 24.1 Å². The number of hydrazine groups is 1. The second kappa shape index (κ2) is 10.9. The van der Waals surface area contributed by atoms with Crippen LogP contribution in [0.1, 0.15) is 82.7 Å². The predicted molar refractivity (Wildman–Crippen MR) is 85.1 cm³/mol. The van der Waals surface area contributed by atoms with E-state index in [0.29, 0.717) is 0 Å². The third kappa shape index (κ3) is 7.06. The SMILES string of the molecule is CCCCCCCCCCCC(NN)c1cnn(C)c1. The Labute approximate surface area is 124 Å². The van der Waals surface area contributed by atoms with Crippen molar-refractivity contribution in [2.75, 3.05) is 0 Å². The molecule has 1 aromatic heterocycles. The average Bonchev–Trinajstić information content (AvgIpc) is 2.87. The van der Waals surface area contributed by atoms with Gasteiger partial charge >= 0.3 is 0 Å². The normalized spacial score (nSPS) is 12.8. The molecule has 0 amide bonds. The molecular formula is C16H32N4. The molecule has 4 heteroatoms. The van der Waals surface area contributed by atoms with Crippen LogP contribution in [-0.4, -0.2) is 9.78 Å². The minimum atomic E-state index is 0.244. The molecule has 1 rings (SSSR count). The maximum Gasteiger partial charge on any atom is 0.0538 e. The fourth-order valence-corrected chi connectivity index (χ4v) is 2.63. The number of nitrogens with zero attached hydrogens (tertiary/aromatic N) is 2. The fourth-order valence-electron chi connectivity index (χ4n) is 2.63. The number of aryl methyl sites for hydroxylation is 1. The summed E-state index contributed by atoms with van der Waals surface area (Å²) in [5, 5.41) is 4.20. The monoisotopic (exact) mass is 280 g/mol. The number of rotatable bonds is 12. The molecule has 0 aliphatic rings. The molecule has 3 N–H and O–H groups in total. The van der Waals surface area contributed by atoms with Crippen LogP contribution in [0.15, 0.2) is 12.4 Å². The van der Waals surface area contributed by atoms with Crippen molar-refractivity contribution in [3.8, 4) is 0 Å². The number of unbranched alkanes of at least 4 members (excludes halogenated alkanes) is 8. The van der Waals surface area contributed by atoms with E-state index in [4.69, 9.17) is 5.84 Å². The molecule has 0 aromatic carbocycles. The maximum absolute atomic E-state index is 5.64. The number of hydrogen-bond donors (Lipinski definition) is 2. The van der Waals surface area contributed by atoms with Crippen LogP contribution < -0.4 is 11.3 Å². The summed E-state index contributed by atoms with van der Waals surface area (Å²) in [7, 11) is 1.94. The maximum atomic E-state index is 5.64. The topological polar surface area (TPSA) is 55.9 Å². The van der Waals surface area contributed by atoms with Crippen molar-refractivity contribution in [2.24, 2.45) is 12.9 Å². The molecule has 20 heavy (non-hydrogen) atoms. The van der Waals surface area contributed by atoms with Gasteiger partial charge in [-0.3, -0.25) is 16.0 Å². The van der Waals surface area contributed by atoms with Crippen LogP contribution in [0.3, 0.4) is 0 Å². The first-order chi connectivity index (χ1) is 9.77. The van der Waals surface area contributed by atoms with Crippen LogP contribution in [0.25, 0.3) is 0 Å². The summed E-state index contributed by atoms with van der Waals surface area (Å²) in [6, 6.07) is 0.244. The van der Waals surface area contributed by atoms with Gasteiger partial charge in [-0.2, -0.15) is 5.10 Å². The molecule has 0 saturated carbocycles. The van der Waals surface area contributed by atoms with Crippen molar-refractivity contribution < 1.29 is 0 Å². The highest BCUT2D eigenvalue weighted by molar-refractivity contribution is 5.09. The van der Waals surface area contributed by atoms with Gasteiger partial charge in [0.1, 0.15) is 0 Å². The Morgan fingerprint density at radius 3 is 2.20 bits per heavy atom. The third-order valence-electron chi connectivity index (χ3n) is 3.92. The highest BCUT2D eigenvalue weighted by Gasteiger charge is 2.10. The first-order valence-electron chi connectivity index (χ1n) is 8.22. The smallest absolute Gasteiger partial charge is 0.0538 e. The van der Waals surface area contributed by atoms with E-state index in [0.717, 1.165) is 6.42 Å². The second-order valence-corrected chi connectivity index (χ2v) is 5.78. The standard InChI is InChI=1S/C16H32N4/c1-3-4-5-6-7-8-9-10-11-12-16(19-17)15-13-18-20(2)14-15/h13-14,16,19H,3-12,17H2,1-2H3. The fraction of sp³-hybridized carbons (Fsp3) is 0.812. The van der Waals surface area contributed by atoms with E-state index in [1.54, 1.807) is 0 Å². The van der Waals surface area contributed by atoms with Crippen molar-refractivity contribution in [3.63, 3.8) is 0 Å². The first kappa shape index (κ1) is 17.2. The van der Waals surface area contributed by atoms with Gasteiger partial charge in [-0.1, -0.05) is 64.7 Å². The third-order valence-corrected chi connectivity index (χ3v) is 3.92. The Morgan fingerprint density at radius 1 is 1.10 bits per heavy atom. The molecule has 0 aliphatic heterocycles. The summed E-state index contributed by atoms with van der Waals surface area (Å²) in [5.41, 5.74) is 4.09. The Morgan fingerprint density at radius 2 is 1.70 bits per heavy atom. The molecule has 0 radical (unpaired) electrons. The Bertz CT molecular complexity index is 335. The van der Waals surface area contributed by atoms with Crippen molar-refractivity contribution in [1.82, 2.24) is 15.2 Å². The lowest BCUT2D eigenvalue weighted by Gasteiger charge is -2.13. The zero-order chi connectivity index (χ0) is 14.6. The minimum Gasteiger partial charge on any atom is -0.275 e. The Hall–Kier alpha value is -0.870. The number of nitrogens with one attached hydrogen (secondary N) is 1. The summed E-state index contributed by atoms with van der Waals surface area (Å²) in [6.07, 6.45) is 17.3. The number of hydrogen-bond acceptors (Lipinski definition) is 3. The van der Waals surface area contributed by atoms with Crippen LogP contribution in [0.4, 0.5) is 0 Å². The van der Waals surface area contributed by atoms with E-state index < -0.39 is 0 Å². The van der Waals surface area contributed by atoms with Gasteiger partial charge in [-0.25, -0.2) is 0 Å². The van der Waals surface area contributed by atoms with Gasteiger partial charge in [0.05, 0.1) is 6.20 Å². The van der Waals surface area contributed by atoms with Crippen LogP contribution in [-0.2, 0) is 7.05 Å². The lowest BCUT2D eigenvalue weighted by atomic mass is 10.0. The van der Waals surface area contributed by atoms with Crippen molar-refractivity contribution >= 4 is 0 Å². The molecule has 116 valence electrons. The van der Waals surface area contributed by atoms with Gasteiger partial charge in [0.25, 0.3) is 0 Å². The lowest BCUT2D eigenvalue weighted by molar-refractivity contribution is 0.474. The van der Waals surface area contributed by atoms with E-state index in [1.165, 1.54) is 63.4 Å². The molecule has 0 saturated heterocycles. The zero-order valence-corrected chi connectivity index (χ0v) is 13.3. The van der Waals surface area contributed by atoms with E-state index in [9.17, 15) is 0 Å². The molecule has 1 unspecified atom stereocenters. The van der Waals surface area contributed by atoms with Crippen LogP contribution >= 0.6 is 0 Å². The quantitative estimate of drug-likeness (QED) is 0.347. The Balaban J connectivity index is 2.02. The molecule has 0 aliphatic carbocycles. The molecular weight excluding hydrogens is 248 g/mol. The highest BCUT2D eigenvalue weighted by Crippen LogP contribution is 2.19. The van der Waals surface area contributed by atoms with Crippen molar-refractivity contribution in [3.05, 3.63) is 18.0 Å². The summed E-state index contributed by atoms with van der Waals surface area (Å²) in [6.45, 7) is 2.27. The molecule has 1 heterocycles. The highest BCUT2D eigenvalue weighted by atomic mass is 15.3. The summed E-state index contributed by atoms with van der Waals surface area (Å²) in [5.74, 6) is 5.64. The lowest BCUT2D eigenvalue weighted by Crippen LogP contribution is -2.27. The molecule has 0 spiro atoms. The second-order valence-electron chi connectivity index (χ2n) is 5.78. The predicted octanol–water partition coefficient (Wildman–Crippen LogP) is 3.85. The largest absolute Gasteiger partial charge is 0.275 e. The van der Waals surface area contributed by atoms with Gasteiger partial charge in [0.15, 0.2) is 0 Å². The molecule has 4 nitrogen and oxygen atoms in total. The number of aromatic nitrogens is 2. The zero-order valence-electron chi connectivity index (χ0n) is 13.3. The summed E-state index contributed by atoms with van der Waals surface area (Å²) in [4.78, 5) is 0. The number of nitrogens with two attached hydrogens (primary N) is 1. The van der Waals surface area contributed by atoms with Crippen molar-refractivity contribution in [2.45, 2.75) is 77.2 Å². The van der Waals surface area contributed by atoms with Crippen LogP contribution in [0.2, 0.25) is 0 Å². The van der Waals surface area contributed by atoms with E-state index in [2.05, 4.69) is 17.4 Å². The molecule has 1 aromatic rings. The van der Waals surface area contributed by atoms with Crippen molar-refractivity contribution in [1.29, 1.82) is 0 Å². The first-order valence-corrected chi connectivity index (χ1v) is 8.22. The van der Waals surface area contributed by atoms with Gasteiger partial charge < -0.3 is 0 Å². The van der Waals surface area contributed by atoms with E-state index in [-0.39, 0.29) is 6.04 Å².